The van der Waals surface area contributed by atoms with Crippen molar-refractivity contribution in [2.24, 2.45) is 23.7 Å². The molecule has 4 fully saturated rings. The van der Waals surface area contributed by atoms with Gasteiger partial charge >= 0.3 is 5.97 Å². The average Bonchev–Trinajstić information content (AvgIpc) is 3.29. The largest absolute Gasteiger partial charge is 0.454 e. The summed E-state index contributed by atoms with van der Waals surface area (Å²) in [5.74, 6) is -2.61. The number of nitrogens with zero attached hydrogens (tertiary/aromatic N) is 1. The summed E-state index contributed by atoms with van der Waals surface area (Å²) in [6.45, 7) is 16.5. The number of likely N-dealkylation sites (N-methyl/N-ethyl adjacent to an activating group) is 1. The van der Waals surface area contributed by atoms with Gasteiger partial charge in [-0.05, 0) is 74.4 Å². The van der Waals surface area contributed by atoms with E-state index >= 15 is 0 Å². The summed E-state index contributed by atoms with van der Waals surface area (Å²) < 4.78 is 44.4. The lowest BCUT2D eigenvalue weighted by Gasteiger charge is -2.48. The molecule has 4 rings (SSSR count). The minimum absolute atomic E-state index is 0.00661. The standard InChI is InChI=1S/C34H59NO11/c1-16-14-34(9)30(45-32-25(37)23(35(10)11)13-17(2)41-32)19(4)27(43-24-15-33(8,40-12)29(38)22(7)42-24)20(5)31(39)44-28(21(6)36)18(3)26(16)46-34/h16-20,22-30,32,37-38H,13-15H2,1-12H3/t16?,17?,18-,19-,20+,22?,23?,24-,25?,26?,27-,28+,29-,30+,32-,33?,34+/m0/s1. The van der Waals surface area contributed by atoms with Gasteiger partial charge in [-0.2, -0.15) is 0 Å². The van der Waals surface area contributed by atoms with Crippen molar-refractivity contribution in [2.75, 3.05) is 21.2 Å². The van der Waals surface area contributed by atoms with Gasteiger partial charge in [0.1, 0.15) is 12.2 Å². The van der Waals surface area contributed by atoms with Crippen molar-refractivity contribution in [2.45, 2.75) is 160 Å². The van der Waals surface area contributed by atoms with Gasteiger partial charge in [-0.15, -0.1) is 0 Å². The predicted octanol–water partition coefficient (Wildman–Crippen LogP) is 2.69. The Bertz CT molecular complexity index is 1080. The molecule has 46 heavy (non-hydrogen) atoms. The van der Waals surface area contributed by atoms with Crippen molar-refractivity contribution in [1.82, 2.24) is 4.90 Å². The molecular weight excluding hydrogens is 598 g/mol. The first-order chi connectivity index (χ1) is 21.3. The highest BCUT2D eigenvalue weighted by Gasteiger charge is 2.57. The number of methoxy groups -OCH3 is 1. The van der Waals surface area contributed by atoms with Crippen LogP contribution in [0.4, 0.5) is 0 Å². The van der Waals surface area contributed by atoms with Crippen LogP contribution in [0.2, 0.25) is 0 Å². The van der Waals surface area contributed by atoms with Crippen LogP contribution < -0.4 is 0 Å². The Balaban J connectivity index is 1.78. The molecule has 4 saturated heterocycles. The highest BCUT2D eigenvalue weighted by molar-refractivity contribution is 5.84. The van der Waals surface area contributed by atoms with Crippen LogP contribution >= 0.6 is 0 Å². The number of Topliss-reactive ketones (excluding diaryl/α,β-unsaturated/α-hetero) is 1. The number of esters is 1. The topological polar surface area (TPSA) is 142 Å². The molecule has 0 aliphatic carbocycles. The zero-order chi connectivity index (χ0) is 34.5. The number of hydrogen-bond donors (Lipinski definition) is 2. The molecule has 0 aromatic rings. The summed E-state index contributed by atoms with van der Waals surface area (Å²) in [5, 5.41) is 22.3. The first kappa shape index (κ1) is 37.6. The first-order valence-corrected chi connectivity index (χ1v) is 16.9. The summed E-state index contributed by atoms with van der Waals surface area (Å²) in [6, 6.07) is -0.191. The maximum atomic E-state index is 13.9. The molecule has 12 heteroatoms. The lowest BCUT2D eigenvalue weighted by Crippen LogP contribution is -2.60. The molecule has 12 nitrogen and oxygen atoms in total. The fraction of sp³-hybridized carbons (Fsp3) is 0.941. The van der Waals surface area contributed by atoms with Gasteiger partial charge in [0.05, 0.1) is 47.6 Å². The Morgan fingerprint density at radius 2 is 1.63 bits per heavy atom. The Morgan fingerprint density at radius 3 is 2.22 bits per heavy atom. The maximum absolute atomic E-state index is 13.9. The van der Waals surface area contributed by atoms with Crippen molar-refractivity contribution in [3.8, 4) is 0 Å². The predicted molar refractivity (Wildman–Crippen MR) is 168 cm³/mol. The van der Waals surface area contributed by atoms with Crippen LogP contribution in [0, 0.1) is 23.7 Å². The number of aliphatic hydroxyl groups is 2. The number of ether oxygens (including phenoxy) is 7. The SMILES string of the molecule is COC1(C)C[C@H](O[C@H]2[C@H](C)[C@@H](O[C@@H]3OC(C)CC(N(C)C)C3O)[C@@]3(C)CC(C)C(O3)[C@H](C)[C@H](C(C)=O)OC(=O)[C@@H]2C)OC(C)[C@@H]1O. The van der Waals surface area contributed by atoms with E-state index in [1.165, 1.54) is 14.0 Å². The van der Waals surface area contributed by atoms with Crippen molar-refractivity contribution < 1.29 is 53.0 Å². The Morgan fingerprint density at radius 1 is 0.978 bits per heavy atom. The van der Waals surface area contributed by atoms with Crippen molar-refractivity contribution in [3.63, 3.8) is 0 Å². The lowest BCUT2D eigenvalue weighted by molar-refractivity contribution is -0.318. The van der Waals surface area contributed by atoms with Gasteiger partial charge in [0.25, 0.3) is 0 Å². The number of carbonyl (C=O) groups is 2. The van der Waals surface area contributed by atoms with Crippen LogP contribution in [0.5, 0.6) is 0 Å². The number of fused-ring (bicyclic) bond motifs is 2. The molecule has 2 bridgehead atoms. The number of rotatable bonds is 7. The Labute approximate surface area is 274 Å². The zero-order valence-corrected chi connectivity index (χ0v) is 29.8. The molecule has 4 aliphatic heterocycles. The molecule has 4 heterocycles. The van der Waals surface area contributed by atoms with Crippen molar-refractivity contribution >= 4 is 11.8 Å². The van der Waals surface area contributed by atoms with E-state index < -0.39 is 90.2 Å². The molecule has 266 valence electrons. The number of ketones is 1. The highest BCUT2D eigenvalue weighted by Crippen LogP contribution is 2.47. The number of cyclic esters (lactones) is 1. The maximum Gasteiger partial charge on any atom is 0.312 e. The van der Waals surface area contributed by atoms with E-state index in [2.05, 4.69) is 6.92 Å². The van der Waals surface area contributed by atoms with Crippen molar-refractivity contribution in [1.29, 1.82) is 0 Å². The third-order valence-electron chi connectivity index (χ3n) is 11.1. The highest BCUT2D eigenvalue weighted by atomic mass is 16.7. The van der Waals surface area contributed by atoms with Crippen molar-refractivity contribution in [3.05, 3.63) is 0 Å². The van der Waals surface area contributed by atoms with E-state index in [4.69, 9.17) is 33.2 Å². The van der Waals surface area contributed by atoms with E-state index in [1.807, 2.05) is 46.7 Å². The molecule has 0 aromatic heterocycles. The summed E-state index contributed by atoms with van der Waals surface area (Å²) in [7, 11) is 5.38. The average molecular weight is 658 g/mol. The monoisotopic (exact) mass is 657 g/mol. The van der Waals surface area contributed by atoms with Gasteiger partial charge in [-0.25, -0.2) is 0 Å². The summed E-state index contributed by atoms with van der Waals surface area (Å²) in [5.41, 5.74) is -1.85. The molecule has 2 N–H and O–H groups in total. The smallest absolute Gasteiger partial charge is 0.312 e. The molecule has 7 unspecified atom stereocenters. The molecule has 0 aromatic carbocycles. The summed E-state index contributed by atoms with van der Waals surface area (Å²) in [6.07, 6.45) is -5.92. The minimum atomic E-state index is -0.999. The molecule has 17 atom stereocenters. The van der Waals surface area contributed by atoms with Crippen LogP contribution in [0.25, 0.3) is 0 Å². The Kier molecular flexibility index (Phi) is 11.7. The molecule has 0 saturated carbocycles. The third kappa shape index (κ3) is 7.35. The molecule has 0 amide bonds. The quantitative estimate of drug-likeness (QED) is 0.389. The van der Waals surface area contributed by atoms with Crippen LogP contribution in [0.3, 0.4) is 0 Å². The Hall–Kier alpha value is -1.22. The van der Waals surface area contributed by atoms with Gasteiger partial charge in [0.15, 0.2) is 24.5 Å². The fourth-order valence-corrected chi connectivity index (χ4v) is 8.40. The first-order valence-electron chi connectivity index (χ1n) is 16.9. The van der Waals surface area contributed by atoms with E-state index in [0.717, 1.165) is 0 Å². The van der Waals surface area contributed by atoms with Gasteiger partial charge in [0, 0.05) is 31.4 Å². The molecule has 0 radical (unpaired) electrons. The lowest BCUT2D eigenvalue weighted by atomic mass is 9.77. The second-order valence-electron chi connectivity index (χ2n) is 15.2. The zero-order valence-electron chi connectivity index (χ0n) is 29.8. The number of carbonyl (C=O) groups excluding carboxylic acids is 2. The fourth-order valence-electron chi connectivity index (χ4n) is 8.40. The molecular formula is C34H59NO11. The van der Waals surface area contributed by atoms with Gasteiger partial charge in [0.2, 0.25) is 0 Å². The third-order valence-corrected chi connectivity index (χ3v) is 11.1. The normalized spacial score (nSPS) is 50.6. The van der Waals surface area contributed by atoms with Gasteiger partial charge in [-0.1, -0.05) is 20.8 Å². The molecule has 0 spiro atoms. The van der Waals surface area contributed by atoms with Crippen LogP contribution in [0.1, 0.15) is 81.6 Å². The van der Waals surface area contributed by atoms with Crippen LogP contribution in [-0.4, -0.2) is 127 Å². The number of aliphatic hydroxyl groups excluding tert-OH is 2. The summed E-state index contributed by atoms with van der Waals surface area (Å²) >= 11 is 0. The molecule has 4 aliphatic rings. The van der Waals surface area contributed by atoms with Crippen LogP contribution in [0.15, 0.2) is 0 Å². The van der Waals surface area contributed by atoms with E-state index in [-0.39, 0.29) is 30.3 Å². The second-order valence-corrected chi connectivity index (χ2v) is 15.2. The second kappa shape index (κ2) is 14.3. The van der Waals surface area contributed by atoms with Crippen LogP contribution in [-0.2, 0) is 42.7 Å². The minimum Gasteiger partial charge on any atom is -0.454 e. The van der Waals surface area contributed by atoms with Gasteiger partial charge in [-0.3, -0.25) is 9.59 Å². The summed E-state index contributed by atoms with van der Waals surface area (Å²) in [4.78, 5) is 28.7. The van der Waals surface area contributed by atoms with E-state index in [9.17, 15) is 19.8 Å². The van der Waals surface area contributed by atoms with E-state index in [1.54, 1.807) is 20.8 Å². The number of hydrogen-bond acceptors (Lipinski definition) is 12. The van der Waals surface area contributed by atoms with E-state index in [0.29, 0.717) is 12.8 Å². The van der Waals surface area contributed by atoms with Gasteiger partial charge < -0.3 is 48.3 Å².